The van der Waals surface area contributed by atoms with Gasteiger partial charge in [-0.1, -0.05) is 6.07 Å². The van der Waals surface area contributed by atoms with Crippen LogP contribution in [0.5, 0.6) is 0 Å². The summed E-state index contributed by atoms with van der Waals surface area (Å²) in [7, 11) is 1.63. The van der Waals surface area contributed by atoms with E-state index in [0.29, 0.717) is 18.7 Å². The van der Waals surface area contributed by atoms with Crippen molar-refractivity contribution in [2.75, 3.05) is 20.1 Å². The highest BCUT2D eigenvalue weighted by Crippen LogP contribution is 2.31. The second-order valence-corrected chi connectivity index (χ2v) is 7.77. The summed E-state index contributed by atoms with van der Waals surface area (Å²) in [5.74, 6) is 0. The summed E-state index contributed by atoms with van der Waals surface area (Å²) in [5.41, 5.74) is 2.37. The maximum Gasteiger partial charge on any atom is 0.318 e. The van der Waals surface area contributed by atoms with Gasteiger partial charge in [-0.05, 0) is 43.9 Å². The Labute approximate surface area is 169 Å². The van der Waals surface area contributed by atoms with Gasteiger partial charge in [-0.15, -0.1) is 0 Å². The number of nitrogens with one attached hydrogen (secondary N) is 3. The highest BCUT2D eigenvalue weighted by atomic mass is 16.2. The average Bonchev–Trinajstić information content (AvgIpc) is 3.48. The van der Waals surface area contributed by atoms with Gasteiger partial charge in [0, 0.05) is 42.8 Å². The van der Waals surface area contributed by atoms with Gasteiger partial charge in [0.05, 0.1) is 24.2 Å². The summed E-state index contributed by atoms with van der Waals surface area (Å²) in [6.07, 6.45) is 3.84. The highest BCUT2D eigenvalue weighted by Gasteiger charge is 2.39. The third kappa shape index (κ3) is 3.99. The number of aromatic nitrogens is 1. The number of amides is 4. The molecule has 2 fully saturated rings. The number of nitriles is 1. The van der Waals surface area contributed by atoms with Crippen LogP contribution in [0.1, 0.15) is 36.9 Å². The topological polar surface area (TPSA) is 104 Å². The number of urea groups is 2. The number of hydrogen-bond donors (Lipinski definition) is 3. The summed E-state index contributed by atoms with van der Waals surface area (Å²) < 4.78 is 0. The van der Waals surface area contributed by atoms with Crippen molar-refractivity contribution in [2.24, 2.45) is 0 Å². The average molecular weight is 394 g/mol. The van der Waals surface area contributed by atoms with E-state index >= 15 is 0 Å². The fraction of sp³-hybridized carbons (Fsp3) is 0.476. The van der Waals surface area contributed by atoms with Crippen LogP contribution in [-0.4, -0.2) is 59.1 Å². The Kier molecular flexibility index (Phi) is 5.30. The summed E-state index contributed by atoms with van der Waals surface area (Å²) in [6, 6.07) is 9.80. The molecule has 4 rings (SSSR count). The lowest BCUT2D eigenvalue weighted by Crippen LogP contribution is -2.56. The lowest BCUT2D eigenvalue weighted by Gasteiger charge is -2.39. The zero-order chi connectivity index (χ0) is 20.4. The summed E-state index contributed by atoms with van der Waals surface area (Å²) >= 11 is 0. The van der Waals surface area contributed by atoms with Gasteiger partial charge >= 0.3 is 12.1 Å². The molecule has 152 valence electrons. The molecule has 1 saturated heterocycles. The highest BCUT2D eigenvalue weighted by molar-refractivity contribution is 5.86. The lowest BCUT2D eigenvalue weighted by atomic mass is 10.0. The molecule has 3 N–H and O–H groups in total. The lowest BCUT2D eigenvalue weighted by molar-refractivity contribution is 0.116. The number of aromatic amines is 1. The first-order chi connectivity index (χ1) is 14.1. The van der Waals surface area contributed by atoms with E-state index in [9.17, 15) is 14.9 Å². The number of carbonyl (C=O) groups is 2. The molecule has 0 radical (unpaired) electrons. The molecule has 1 aliphatic carbocycles. The fourth-order valence-corrected chi connectivity index (χ4v) is 4.17. The molecule has 1 aromatic heterocycles. The van der Waals surface area contributed by atoms with Crippen LogP contribution in [0.4, 0.5) is 9.59 Å². The first-order valence-electron chi connectivity index (χ1n) is 10.1. The first-order valence-corrected chi connectivity index (χ1v) is 10.1. The Balaban J connectivity index is 1.43. The minimum Gasteiger partial charge on any atom is -0.357 e. The number of rotatable bonds is 4. The molecule has 0 bridgehead atoms. The van der Waals surface area contributed by atoms with E-state index < -0.39 is 0 Å². The SMILES string of the molecule is CNC(=O)N1CCC[C@@H](N(C(=O)NCc2cc3c(C#N)cccc3[nH]2)C2CC2)C1. The van der Waals surface area contributed by atoms with Gasteiger partial charge in [0.1, 0.15) is 0 Å². The maximum absolute atomic E-state index is 13.0. The number of H-pyrrole nitrogens is 1. The van der Waals surface area contributed by atoms with E-state index in [1.54, 1.807) is 18.0 Å². The summed E-state index contributed by atoms with van der Waals surface area (Å²) in [6.45, 7) is 1.67. The van der Waals surface area contributed by atoms with Crippen molar-refractivity contribution in [1.29, 1.82) is 5.26 Å². The van der Waals surface area contributed by atoms with Crippen molar-refractivity contribution in [1.82, 2.24) is 25.4 Å². The van der Waals surface area contributed by atoms with Crippen molar-refractivity contribution >= 4 is 23.0 Å². The van der Waals surface area contributed by atoms with Crippen molar-refractivity contribution in [3.63, 3.8) is 0 Å². The van der Waals surface area contributed by atoms with Gasteiger partial charge < -0.3 is 25.4 Å². The predicted octanol–water partition coefficient (Wildman–Crippen LogP) is 2.52. The molecule has 1 saturated carbocycles. The molecule has 2 aliphatic rings. The molecule has 0 spiro atoms. The molecule has 4 amide bonds. The number of piperidine rings is 1. The Hall–Kier alpha value is -3.21. The monoisotopic (exact) mass is 394 g/mol. The Morgan fingerprint density at radius 2 is 2.14 bits per heavy atom. The number of fused-ring (bicyclic) bond motifs is 1. The number of benzene rings is 1. The van der Waals surface area contributed by atoms with Crippen LogP contribution in [0.3, 0.4) is 0 Å². The van der Waals surface area contributed by atoms with Crippen LogP contribution in [0.25, 0.3) is 10.9 Å². The van der Waals surface area contributed by atoms with Crippen LogP contribution in [0.2, 0.25) is 0 Å². The molecular weight excluding hydrogens is 368 g/mol. The van der Waals surface area contributed by atoms with Crippen LogP contribution in [-0.2, 0) is 6.54 Å². The Morgan fingerprint density at radius 1 is 1.31 bits per heavy atom. The third-order valence-corrected chi connectivity index (χ3v) is 5.74. The van der Waals surface area contributed by atoms with Gasteiger partial charge in [-0.25, -0.2) is 9.59 Å². The molecule has 2 aromatic rings. The maximum atomic E-state index is 13.0. The largest absolute Gasteiger partial charge is 0.357 e. The fourth-order valence-electron chi connectivity index (χ4n) is 4.17. The van der Waals surface area contributed by atoms with E-state index in [-0.39, 0.29) is 24.1 Å². The van der Waals surface area contributed by atoms with E-state index in [1.807, 2.05) is 23.1 Å². The number of hydrogen-bond acceptors (Lipinski definition) is 3. The van der Waals surface area contributed by atoms with Gasteiger partial charge in [-0.2, -0.15) is 5.26 Å². The van der Waals surface area contributed by atoms with E-state index in [4.69, 9.17) is 0 Å². The van der Waals surface area contributed by atoms with Crippen molar-refractivity contribution in [2.45, 2.75) is 44.3 Å². The van der Waals surface area contributed by atoms with Crippen LogP contribution >= 0.6 is 0 Å². The molecule has 8 nitrogen and oxygen atoms in total. The Bertz CT molecular complexity index is 958. The quantitative estimate of drug-likeness (QED) is 0.742. The molecule has 1 aliphatic heterocycles. The summed E-state index contributed by atoms with van der Waals surface area (Å²) in [5, 5.41) is 15.8. The van der Waals surface area contributed by atoms with Crippen molar-refractivity contribution < 1.29 is 9.59 Å². The molecule has 29 heavy (non-hydrogen) atoms. The molecule has 2 heterocycles. The normalized spacial score (nSPS) is 18.9. The van der Waals surface area contributed by atoms with E-state index in [1.165, 1.54) is 0 Å². The van der Waals surface area contributed by atoms with E-state index in [0.717, 1.165) is 48.8 Å². The molecule has 0 unspecified atom stereocenters. The van der Waals surface area contributed by atoms with Gasteiger partial charge in [0.15, 0.2) is 0 Å². The number of carbonyl (C=O) groups excluding carboxylic acids is 2. The van der Waals surface area contributed by atoms with Crippen LogP contribution < -0.4 is 10.6 Å². The zero-order valence-corrected chi connectivity index (χ0v) is 16.6. The third-order valence-electron chi connectivity index (χ3n) is 5.74. The first kappa shape index (κ1) is 19.1. The smallest absolute Gasteiger partial charge is 0.318 e. The Morgan fingerprint density at radius 3 is 2.86 bits per heavy atom. The number of nitrogens with zero attached hydrogens (tertiary/aromatic N) is 3. The van der Waals surface area contributed by atoms with Crippen LogP contribution in [0.15, 0.2) is 24.3 Å². The standard InChI is InChI=1S/C21H26N6O2/c1-23-20(28)26-9-3-5-17(13-26)27(16-7-8-16)21(29)24-12-15-10-18-14(11-22)4-2-6-19(18)25-15/h2,4,6,10,16-17,25H,3,5,7-9,12-13H2,1H3,(H,23,28)(H,24,29)/t17-/m1/s1. The van der Waals surface area contributed by atoms with E-state index in [2.05, 4.69) is 21.7 Å². The predicted molar refractivity (Wildman–Crippen MR) is 109 cm³/mol. The second kappa shape index (κ2) is 8.03. The second-order valence-electron chi connectivity index (χ2n) is 7.77. The molecule has 1 atom stereocenters. The van der Waals surface area contributed by atoms with Gasteiger partial charge in [0.2, 0.25) is 0 Å². The number of likely N-dealkylation sites (tertiary alicyclic amines) is 1. The van der Waals surface area contributed by atoms with Crippen molar-refractivity contribution in [3.05, 3.63) is 35.5 Å². The van der Waals surface area contributed by atoms with Crippen molar-refractivity contribution in [3.8, 4) is 6.07 Å². The van der Waals surface area contributed by atoms with Gasteiger partial charge in [0.25, 0.3) is 0 Å². The van der Waals surface area contributed by atoms with Crippen LogP contribution in [0, 0.1) is 11.3 Å². The van der Waals surface area contributed by atoms with Gasteiger partial charge in [-0.3, -0.25) is 0 Å². The molecule has 8 heteroatoms. The zero-order valence-electron chi connectivity index (χ0n) is 16.6. The molecular formula is C21H26N6O2. The minimum atomic E-state index is -0.0876. The molecule has 1 aromatic carbocycles. The minimum absolute atomic E-state index is 0.0430. The summed E-state index contributed by atoms with van der Waals surface area (Å²) in [4.78, 5) is 32.0.